The maximum absolute atomic E-state index is 6.11. The van der Waals surface area contributed by atoms with Gasteiger partial charge in [0.25, 0.3) is 0 Å². The predicted molar refractivity (Wildman–Crippen MR) is 95.0 cm³/mol. The molecule has 0 saturated carbocycles. The molecule has 1 heterocycles. The Morgan fingerprint density at radius 3 is 2.64 bits per heavy atom. The molecule has 4 heteroatoms. The Morgan fingerprint density at radius 2 is 2.00 bits per heavy atom. The normalized spacial score (nSPS) is 16.1. The molecule has 3 rings (SSSR count). The summed E-state index contributed by atoms with van der Waals surface area (Å²) in [6.07, 6.45) is 13.0. The van der Waals surface area contributed by atoms with Crippen molar-refractivity contribution in [1.82, 2.24) is 9.55 Å². The van der Waals surface area contributed by atoms with E-state index in [0.717, 1.165) is 35.3 Å². The molecule has 1 aromatic heterocycles. The lowest BCUT2D eigenvalue weighted by Gasteiger charge is -2.23. The molecule has 1 atom stereocenters. The van der Waals surface area contributed by atoms with Crippen LogP contribution in [0, 0.1) is 0 Å². The van der Waals surface area contributed by atoms with Crippen molar-refractivity contribution in [2.24, 2.45) is 0 Å². The average molecular weight is 378 g/mol. The minimum Gasteiger partial charge on any atom is -0.337 e. The fourth-order valence-electron chi connectivity index (χ4n) is 2.88. The number of nitrogens with zero attached hydrogens (tertiary/aromatic N) is 2. The molecular weight excluding hydrogens is 360 g/mol. The van der Waals surface area contributed by atoms with Crippen molar-refractivity contribution in [3.63, 3.8) is 0 Å². The third-order valence-electron chi connectivity index (χ3n) is 4.09. The second-order valence-electron chi connectivity index (χ2n) is 5.55. The zero-order chi connectivity index (χ0) is 15.4. The van der Waals surface area contributed by atoms with Gasteiger partial charge in [-0.05, 0) is 43.0 Å². The number of hydrogen-bond acceptors (Lipinski definition) is 1. The summed E-state index contributed by atoms with van der Waals surface area (Å²) in [5.41, 5.74) is 2.83. The summed E-state index contributed by atoms with van der Waals surface area (Å²) in [6.45, 7) is 0.968. The molecule has 0 saturated heterocycles. The molecule has 1 unspecified atom stereocenters. The van der Waals surface area contributed by atoms with Gasteiger partial charge in [-0.1, -0.05) is 51.3 Å². The van der Waals surface area contributed by atoms with Gasteiger partial charge in [-0.3, -0.25) is 0 Å². The predicted octanol–water partition coefficient (Wildman–Crippen LogP) is 5.66. The van der Waals surface area contributed by atoms with Crippen molar-refractivity contribution in [2.75, 3.05) is 0 Å². The Bertz CT molecular complexity index is 672. The van der Waals surface area contributed by atoms with Crippen LogP contribution >= 0.6 is 27.5 Å². The first-order valence-electron chi connectivity index (χ1n) is 7.49. The summed E-state index contributed by atoms with van der Waals surface area (Å²) in [7, 11) is 0. The molecule has 1 aliphatic rings. The van der Waals surface area contributed by atoms with Crippen LogP contribution in [0.5, 0.6) is 0 Å². The second kappa shape index (κ2) is 7.30. The zero-order valence-corrected chi connectivity index (χ0v) is 14.6. The molecule has 114 valence electrons. The number of imidazole rings is 1. The van der Waals surface area contributed by atoms with Gasteiger partial charge in [-0.15, -0.1) is 0 Å². The molecule has 0 bridgehead atoms. The Labute approximate surface area is 144 Å². The molecule has 0 amide bonds. The van der Waals surface area contributed by atoms with Crippen LogP contribution < -0.4 is 0 Å². The molecule has 0 aliphatic heterocycles. The van der Waals surface area contributed by atoms with Crippen LogP contribution in [0.3, 0.4) is 0 Å². The SMILES string of the molecule is ClC1=CC=C(C(CCn2ccnc2)c2ccc(Br)cc2)CC1. The smallest absolute Gasteiger partial charge is 0.0945 e. The zero-order valence-electron chi connectivity index (χ0n) is 12.3. The van der Waals surface area contributed by atoms with Crippen LogP contribution in [0.4, 0.5) is 0 Å². The van der Waals surface area contributed by atoms with Gasteiger partial charge in [-0.25, -0.2) is 4.98 Å². The Balaban J connectivity index is 1.83. The van der Waals surface area contributed by atoms with Gasteiger partial charge >= 0.3 is 0 Å². The third kappa shape index (κ3) is 3.90. The highest BCUT2D eigenvalue weighted by molar-refractivity contribution is 9.10. The first-order valence-corrected chi connectivity index (χ1v) is 8.66. The summed E-state index contributed by atoms with van der Waals surface area (Å²) < 4.78 is 3.25. The third-order valence-corrected chi connectivity index (χ3v) is 4.93. The minimum absolute atomic E-state index is 0.427. The fraction of sp³-hybridized carbons (Fsp3) is 0.278. The lowest BCUT2D eigenvalue weighted by atomic mass is 9.84. The summed E-state index contributed by atoms with van der Waals surface area (Å²) in [4.78, 5) is 4.12. The summed E-state index contributed by atoms with van der Waals surface area (Å²) in [5.74, 6) is 0.427. The molecule has 1 aliphatic carbocycles. The number of aromatic nitrogens is 2. The molecule has 2 nitrogen and oxygen atoms in total. The van der Waals surface area contributed by atoms with Crippen LogP contribution in [0.25, 0.3) is 0 Å². The van der Waals surface area contributed by atoms with E-state index in [4.69, 9.17) is 11.6 Å². The number of halogens is 2. The standard InChI is InChI=1S/C18H18BrClN2/c19-16-5-1-14(2-6-16)18(9-11-22-12-10-21-13-22)15-3-7-17(20)8-4-15/h1-3,5-7,10,12-13,18H,4,8-9,11H2. The highest BCUT2D eigenvalue weighted by atomic mass is 79.9. The van der Waals surface area contributed by atoms with Crippen molar-refractivity contribution in [3.8, 4) is 0 Å². The van der Waals surface area contributed by atoms with Gasteiger partial charge in [0.05, 0.1) is 6.33 Å². The van der Waals surface area contributed by atoms with E-state index in [2.05, 4.69) is 55.8 Å². The van der Waals surface area contributed by atoms with E-state index in [1.807, 2.05) is 24.8 Å². The second-order valence-corrected chi connectivity index (χ2v) is 6.95. The van der Waals surface area contributed by atoms with E-state index >= 15 is 0 Å². The fourth-order valence-corrected chi connectivity index (χ4v) is 3.30. The Kier molecular flexibility index (Phi) is 5.16. The average Bonchev–Trinajstić information content (AvgIpc) is 3.04. The maximum Gasteiger partial charge on any atom is 0.0945 e. The Hall–Kier alpha value is -1.32. The van der Waals surface area contributed by atoms with Gasteiger partial charge in [0.2, 0.25) is 0 Å². The van der Waals surface area contributed by atoms with Gasteiger partial charge in [-0.2, -0.15) is 0 Å². The quantitative estimate of drug-likeness (QED) is 0.657. The molecule has 0 fully saturated rings. The number of aryl methyl sites for hydroxylation is 1. The first-order chi connectivity index (χ1) is 10.7. The molecular formula is C18H18BrClN2. The van der Waals surface area contributed by atoms with E-state index in [1.165, 1.54) is 11.1 Å². The molecule has 0 N–H and O–H groups in total. The lowest BCUT2D eigenvalue weighted by molar-refractivity contribution is 0.576. The topological polar surface area (TPSA) is 17.8 Å². The first kappa shape index (κ1) is 15.6. The number of allylic oxidation sites excluding steroid dienone is 4. The van der Waals surface area contributed by atoms with E-state index in [-0.39, 0.29) is 0 Å². The van der Waals surface area contributed by atoms with Crippen molar-refractivity contribution in [1.29, 1.82) is 0 Å². The van der Waals surface area contributed by atoms with Crippen LogP contribution in [0.15, 0.2) is 70.2 Å². The summed E-state index contributed by atoms with van der Waals surface area (Å²) >= 11 is 9.62. The van der Waals surface area contributed by atoms with Crippen molar-refractivity contribution in [3.05, 3.63) is 75.8 Å². The van der Waals surface area contributed by atoms with E-state index in [9.17, 15) is 0 Å². The molecule has 2 aromatic rings. The van der Waals surface area contributed by atoms with Crippen molar-refractivity contribution >= 4 is 27.5 Å². The highest BCUT2D eigenvalue weighted by Crippen LogP contribution is 2.35. The number of hydrogen-bond donors (Lipinski definition) is 0. The van der Waals surface area contributed by atoms with Crippen LogP contribution in [0.2, 0.25) is 0 Å². The molecule has 0 radical (unpaired) electrons. The highest BCUT2D eigenvalue weighted by Gasteiger charge is 2.18. The van der Waals surface area contributed by atoms with Gasteiger partial charge in [0, 0.05) is 34.4 Å². The molecule has 0 spiro atoms. The largest absolute Gasteiger partial charge is 0.337 e. The van der Waals surface area contributed by atoms with Crippen LogP contribution in [0.1, 0.15) is 30.7 Å². The van der Waals surface area contributed by atoms with Crippen LogP contribution in [-0.2, 0) is 6.54 Å². The monoisotopic (exact) mass is 376 g/mol. The molecule has 1 aromatic carbocycles. The maximum atomic E-state index is 6.11. The van der Waals surface area contributed by atoms with E-state index in [0.29, 0.717) is 5.92 Å². The van der Waals surface area contributed by atoms with E-state index < -0.39 is 0 Å². The Morgan fingerprint density at radius 1 is 1.18 bits per heavy atom. The molecule has 22 heavy (non-hydrogen) atoms. The van der Waals surface area contributed by atoms with Gasteiger partial charge in [0.1, 0.15) is 0 Å². The lowest BCUT2D eigenvalue weighted by Crippen LogP contribution is -2.09. The summed E-state index contributed by atoms with van der Waals surface area (Å²) in [5, 5.41) is 0.952. The number of rotatable bonds is 5. The van der Waals surface area contributed by atoms with Crippen molar-refractivity contribution < 1.29 is 0 Å². The van der Waals surface area contributed by atoms with E-state index in [1.54, 1.807) is 0 Å². The number of benzene rings is 1. The van der Waals surface area contributed by atoms with Gasteiger partial charge < -0.3 is 4.57 Å². The van der Waals surface area contributed by atoms with Crippen molar-refractivity contribution in [2.45, 2.75) is 31.7 Å². The van der Waals surface area contributed by atoms with Gasteiger partial charge in [0.15, 0.2) is 0 Å². The minimum atomic E-state index is 0.427. The summed E-state index contributed by atoms with van der Waals surface area (Å²) in [6, 6.07) is 8.66. The van der Waals surface area contributed by atoms with Crippen LogP contribution in [-0.4, -0.2) is 9.55 Å².